The zero-order chi connectivity index (χ0) is 15.7. The molecule has 1 heterocycles. The van der Waals surface area contributed by atoms with Gasteiger partial charge in [-0.15, -0.1) is 0 Å². The van der Waals surface area contributed by atoms with Crippen molar-refractivity contribution in [2.45, 2.75) is 27.2 Å². The molecule has 0 aliphatic carbocycles. The average Bonchev–Trinajstić information content (AvgIpc) is 2.47. The quantitative estimate of drug-likeness (QED) is 0.608. The number of hydrogen-bond donors (Lipinski definition) is 0. The first-order valence-corrected chi connectivity index (χ1v) is 8.03. The first-order valence-electron chi connectivity index (χ1n) is 8.03. The van der Waals surface area contributed by atoms with Gasteiger partial charge in [0.15, 0.2) is 6.20 Å². The Labute approximate surface area is 133 Å². The lowest BCUT2D eigenvalue weighted by Gasteiger charge is -2.08. The number of aryl methyl sites for hydroxylation is 2. The third-order valence-corrected chi connectivity index (χ3v) is 4.22. The van der Waals surface area contributed by atoms with Crippen LogP contribution in [-0.4, -0.2) is 0 Å². The maximum atomic E-state index is 2.33. The van der Waals surface area contributed by atoms with Crippen LogP contribution in [0.15, 0.2) is 54.7 Å². The van der Waals surface area contributed by atoms with E-state index in [4.69, 9.17) is 0 Å². The summed E-state index contributed by atoms with van der Waals surface area (Å²) in [7, 11) is 2.14. The maximum Gasteiger partial charge on any atom is 0.213 e. The SMILES string of the molecule is Cc1ccccc1-c1cc2ccc(CC(C)C)cc2c[n+]1C. The van der Waals surface area contributed by atoms with Crippen LogP contribution in [0.25, 0.3) is 22.0 Å². The number of aromatic nitrogens is 1. The number of fused-ring (bicyclic) bond motifs is 1. The normalized spacial score (nSPS) is 11.3. The molecule has 2 aromatic carbocycles. The summed E-state index contributed by atoms with van der Waals surface area (Å²) in [5.74, 6) is 0.692. The molecular formula is C21H24N+. The van der Waals surface area contributed by atoms with E-state index in [0.717, 1.165) is 6.42 Å². The molecule has 1 nitrogen and oxygen atoms in total. The van der Waals surface area contributed by atoms with Gasteiger partial charge in [0, 0.05) is 17.0 Å². The highest BCUT2D eigenvalue weighted by Crippen LogP contribution is 2.24. The summed E-state index contributed by atoms with van der Waals surface area (Å²) < 4.78 is 2.24. The van der Waals surface area contributed by atoms with E-state index in [0.29, 0.717) is 5.92 Å². The maximum absolute atomic E-state index is 2.33. The molecule has 0 unspecified atom stereocenters. The molecule has 0 atom stereocenters. The molecule has 0 saturated heterocycles. The summed E-state index contributed by atoms with van der Waals surface area (Å²) in [6.45, 7) is 6.71. The first-order chi connectivity index (χ1) is 10.5. The first kappa shape index (κ1) is 14.8. The van der Waals surface area contributed by atoms with Gasteiger partial charge >= 0.3 is 0 Å². The molecule has 3 rings (SSSR count). The molecule has 0 aliphatic rings. The van der Waals surface area contributed by atoms with Crippen molar-refractivity contribution in [2.75, 3.05) is 0 Å². The van der Waals surface area contributed by atoms with Crippen molar-refractivity contribution in [2.24, 2.45) is 13.0 Å². The topological polar surface area (TPSA) is 3.88 Å². The van der Waals surface area contributed by atoms with Gasteiger partial charge in [0.05, 0.1) is 0 Å². The van der Waals surface area contributed by atoms with Gasteiger partial charge in [-0.2, -0.15) is 0 Å². The highest BCUT2D eigenvalue weighted by Gasteiger charge is 2.13. The van der Waals surface area contributed by atoms with Crippen LogP contribution in [0.1, 0.15) is 25.0 Å². The van der Waals surface area contributed by atoms with E-state index < -0.39 is 0 Å². The predicted octanol–water partition coefficient (Wildman–Crippen LogP) is 4.84. The van der Waals surface area contributed by atoms with Gasteiger partial charge in [-0.3, -0.25) is 0 Å². The fraction of sp³-hybridized carbons (Fsp3) is 0.286. The number of hydrogen-bond acceptors (Lipinski definition) is 0. The molecule has 22 heavy (non-hydrogen) atoms. The third kappa shape index (κ3) is 2.89. The monoisotopic (exact) mass is 290 g/mol. The van der Waals surface area contributed by atoms with Crippen molar-refractivity contribution in [1.82, 2.24) is 0 Å². The van der Waals surface area contributed by atoms with Gasteiger partial charge < -0.3 is 0 Å². The van der Waals surface area contributed by atoms with E-state index in [1.165, 1.54) is 33.2 Å². The lowest BCUT2D eigenvalue weighted by atomic mass is 9.98. The highest BCUT2D eigenvalue weighted by molar-refractivity contribution is 5.84. The fourth-order valence-corrected chi connectivity index (χ4v) is 3.12. The number of benzene rings is 2. The Morgan fingerprint density at radius 2 is 1.73 bits per heavy atom. The number of nitrogens with zero attached hydrogens (tertiary/aromatic N) is 1. The van der Waals surface area contributed by atoms with Crippen LogP contribution in [-0.2, 0) is 13.5 Å². The van der Waals surface area contributed by atoms with E-state index in [1.54, 1.807) is 0 Å². The van der Waals surface area contributed by atoms with Crippen LogP contribution in [0.3, 0.4) is 0 Å². The third-order valence-electron chi connectivity index (χ3n) is 4.22. The highest BCUT2D eigenvalue weighted by atomic mass is 14.9. The van der Waals surface area contributed by atoms with Crippen LogP contribution < -0.4 is 4.57 Å². The second kappa shape index (κ2) is 5.92. The second-order valence-corrected chi connectivity index (χ2v) is 6.65. The van der Waals surface area contributed by atoms with E-state index in [9.17, 15) is 0 Å². The Morgan fingerprint density at radius 1 is 0.955 bits per heavy atom. The van der Waals surface area contributed by atoms with Crippen LogP contribution in [0, 0.1) is 12.8 Å². The smallest absolute Gasteiger partial charge is 0.200 e. The molecule has 0 N–H and O–H groups in total. The minimum Gasteiger partial charge on any atom is -0.200 e. The van der Waals surface area contributed by atoms with Crippen molar-refractivity contribution in [1.29, 1.82) is 0 Å². The van der Waals surface area contributed by atoms with Gasteiger partial charge in [0.25, 0.3) is 0 Å². The fourth-order valence-electron chi connectivity index (χ4n) is 3.12. The molecule has 0 aliphatic heterocycles. The van der Waals surface area contributed by atoms with Crippen LogP contribution >= 0.6 is 0 Å². The Bertz CT molecular complexity index is 815. The standard InChI is InChI=1S/C21H24N/c1-15(2)11-17-9-10-18-13-21(22(4)14-19(18)12-17)20-8-6-5-7-16(20)3/h5-10,12-15H,11H2,1-4H3/q+1. The van der Waals surface area contributed by atoms with Crippen LogP contribution in [0.4, 0.5) is 0 Å². The molecule has 0 radical (unpaired) electrons. The summed E-state index contributed by atoms with van der Waals surface area (Å²) in [6, 6.07) is 17.7. The van der Waals surface area contributed by atoms with Gasteiger partial charge in [0.1, 0.15) is 7.05 Å². The van der Waals surface area contributed by atoms with Crippen molar-refractivity contribution in [3.8, 4) is 11.3 Å². The molecule has 0 saturated carbocycles. The van der Waals surface area contributed by atoms with Crippen molar-refractivity contribution < 1.29 is 4.57 Å². The number of rotatable bonds is 3. The van der Waals surface area contributed by atoms with Crippen LogP contribution in [0.5, 0.6) is 0 Å². The van der Waals surface area contributed by atoms with Gasteiger partial charge in [-0.1, -0.05) is 44.2 Å². The van der Waals surface area contributed by atoms with Crippen LogP contribution in [0.2, 0.25) is 0 Å². The largest absolute Gasteiger partial charge is 0.213 e. The Morgan fingerprint density at radius 3 is 2.45 bits per heavy atom. The predicted molar refractivity (Wildman–Crippen MR) is 93.8 cm³/mol. The Kier molecular flexibility index (Phi) is 3.98. The van der Waals surface area contributed by atoms with Gasteiger partial charge in [-0.05, 0) is 47.9 Å². The average molecular weight is 290 g/mol. The summed E-state index contributed by atoms with van der Waals surface area (Å²) >= 11 is 0. The lowest BCUT2D eigenvalue weighted by Crippen LogP contribution is -2.30. The van der Waals surface area contributed by atoms with Crippen molar-refractivity contribution in [3.63, 3.8) is 0 Å². The van der Waals surface area contributed by atoms with Crippen molar-refractivity contribution in [3.05, 3.63) is 65.9 Å². The minimum absolute atomic E-state index is 0.692. The van der Waals surface area contributed by atoms with E-state index in [-0.39, 0.29) is 0 Å². The number of pyridine rings is 1. The molecule has 3 aromatic rings. The lowest BCUT2D eigenvalue weighted by molar-refractivity contribution is -0.659. The van der Waals surface area contributed by atoms with Gasteiger partial charge in [0.2, 0.25) is 5.69 Å². The second-order valence-electron chi connectivity index (χ2n) is 6.65. The summed E-state index contributed by atoms with van der Waals surface area (Å²) in [6.07, 6.45) is 3.39. The molecule has 1 aromatic heterocycles. The van der Waals surface area contributed by atoms with Crippen molar-refractivity contribution >= 4 is 10.8 Å². The summed E-state index contributed by atoms with van der Waals surface area (Å²) in [5, 5.41) is 2.63. The minimum atomic E-state index is 0.692. The molecular weight excluding hydrogens is 266 g/mol. The zero-order valence-corrected chi connectivity index (χ0v) is 13.9. The Hall–Kier alpha value is -2.15. The van der Waals surface area contributed by atoms with E-state index in [2.05, 4.69) is 87.1 Å². The molecule has 1 heteroatoms. The molecule has 0 bridgehead atoms. The summed E-state index contributed by atoms with van der Waals surface area (Å²) in [4.78, 5) is 0. The molecule has 112 valence electrons. The zero-order valence-electron chi connectivity index (χ0n) is 13.9. The molecule has 0 amide bonds. The van der Waals surface area contributed by atoms with E-state index >= 15 is 0 Å². The van der Waals surface area contributed by atoms with E-state index in [1.807, 2.05) is 0 Å². The summed E-state index contributed by atoms with van der Waals surface area (Å²) in [5.41, 5.74) is 5.31. The Balaban J connectivity index is 2.12. The molecule has 0 fully saturated rings. The van der Waals surface area contributed by atoms with Gasteiger partial charge in [-0.25, -0.2) is 4.57 Å². The molecule has 0 spiro atoms.